The van der Waals surface area contributed by atoms with Crippen LogP contribution in [0.25, 0.3) is 0 Å². The van der Waals surface area contributed by atoms with Crippen LogP contribution in [0.3, 0.4) is 0 Å². The molecular weight excluding hydrogens is 410 g/mol. The first-order valence-corrected chi connectivity index (χ1v) is 9.42. The molecule has 3 aromatic rings. The van der Waals surface area contributed by atoms with Gasteiger partial charge in [0.05, 0.1) is 32.1 Å². The van der Waals surface area contributed by atoms with Crippen LogP contribution in [0, 0.1) is 11.3 Å². The predicted molar refractivity (Wildman–Crippen MR) is 117 cm³/mol. The number of esters is 1. The smallest absolute Gasteiger partial charge is 0.347 e. The molecule has 3 aromatic carbocycles. The SMILES string of the molecule is COc1cc(/C=N/NC(=O)c2ccc(C#N)cc2)ccc1OC(=O)c1ccccc1OC. The molecule has 0 spiro atoms. The predicted octanol–water partition coefficient (Wildman–Crippen LogP) is 3.56. The monoisotopic (exact) mass is 429 g/mol. The Morgan fingerprint density at radius 1 is 0.938 bits per heavy atom. The molecule has 1 N–H and O–H groups in total. The minimum atomic E-state index is -0.586. The normalized spacial score (nSPS) is 10.3. The highest BCUT2D eigenvalue weighted by Gasteiger charge is 2.16. The van der Waals surface area contributed by atoms with E-state index in [2.05, 4.69) is 10.5 Å². The van der Waals surface area contributed by atoms with Crippen molar-refractivity contribution in [3.8, 4) is 23.3 Å². The molecule has 0 radical (unpaired) electrons. The average Bonchev–Trinajstić information content (AvgIpc) is 2.84. The number of rotatable bonds is 7. The lowest BCUT2D eigenvalue weighted by Gasteiger charge is -2.11. The van der Waals surface area contributed by atoms with E-state index in [1.165, 1.54) is 32.6 Å². The molecule has 0 saturated heterocycles. The average molecular weight is 429 g/mol. The molecule has 0 atom stereocenters. The zero-order valence-corrected chi connectivity index (χ0v) is 17.4. The van der Waals surface area contributed by atoms with Gasteiger partial charge in [-0.25, -0.2) is 10.2 Å². The molecule has 0 fully saturated rings. The highest BCUT2D eigenvalue weighted by atomic mass is 16.6. The fraction of sp³-hybridized carbons (Fsp3) is 0.0833. The summed E-state index contributed by atoms with van der Waals surface area (Å²) >= 11 is 0. The number of nitrogens with one attached hydrogen (secondary N) is 1. The summed E-state index contributed by atoms with van der Waals surface area (Å²) in [5, 5.41) is 12.7. The highest BCUT2D eigenvalue weighted by molar-refractivity contribution is 5.95. The quantitative estimate of drug-likeness (QED) is 0.266. The number of hydrogen-bond donors (Lipinski definition) is 1. The standard InChI is InChI=1S/C24H19N3O5/c1-30-20-6-4-3-5-19(20)24(29)32-21-12-9-17(13-22(21)31-2)15-26-27-23(28)18-10-7-16(14-25)8-11-18/h3-13,15H,1-2H3,(H,27,28)/b26-15+. The van der Waals surface area contributed by atoms with E-state index in [0.717, 1.165) is 0 Å². The van der Waals surface area contributed by atoms with Crippen LogP contribution in [0.1, 0.15) is 31.8 Å². The molecule has 0 aromatic heterocycles. The topological polar surface area (TPSA) is 110 Å². The van der Waals surface area contributed by atoms with Gasteiger partial charge in [0.1, 0.15) is 11.3 Å². The van der Waals surface area contributed by atoms with Crippen LogP contribution in [-0.2, 0) is 0 Å². The number of hydrogen-bond acceptors (Lipinski definition) is 7. The van der Waals surface area contributed by atoms with E-state index < -0.39 is 11.9 Å². The molecule has 8 heteroatoms. The largest absolute Gasteiger partial charge is 0.496 e. The van der Waals surface area contributed by atoms with Crippen molar-refractivity contribution in [2.45, 2.75) is 0 Å². The summed E-state index contributed by atoms with van der Waals surface area (Å²) < 4.78 is 16.0. The van der Waals surface area contributed by atoms with Crippen LogP contribution in [0.15, 0.2) is 71.8 Å². The highest BCUT2D eigenvalue weighted by Crippen LogP contribution is 2.29. The second-order valence-corrected chi connectivity index (χ2v) is 6.39. The van der Waals surface area contributed by atoms with Gasteiger partial charge in [0.2, 0.25) is 0 Å². The Balaban J connectivity index is 1.68. The molecule has 0 bridgehead atoms. The van der Waals surface area contributed by atoms with Gasteiger partial charge >= 0.3 is 5.97 Å². The summed E-state index contributed by atoms with van der Waals surface area (Å²) in [4.78, 5) is 24.6. The van der Waals surface area contributed by atoms with Gasteiger partial charge in [-0.15, -0.1) is 0 Å². The molecule has 0 aliphatic heterocycles. The van der Waals surface area contributed by atoms with Crippen LogP contribution in [0.4, 0.5) is 0 Å². The van der Waals surface area contributed by atoms with Crippen molar-refractivity contribution in [3.63, 3.8) is 0 Å². The molecule has 0 aliphatic carbocycles. The minimum absolute atomic E-state index is 0.224. The molecule has 160 valence electrons. The van der Waals surface area contributed by atoms with E-state index in [9.17, 15) is 9.59 Å². The molecule has 0 saturated carbocycles. The molecule has 0 aliphatic rings. The first kappa shape index (κ1) is 22.1. The van der Waals surface area contributed by atoms with Gasteiger partial charge in [-0.1, -0.05) is 12.1 Å². The van der Waals surface area contributed by atoms with Crippen molar-refractivity contribution in [3.05, 3.63) is 89.0 Å². The van der Waals surface area contributed by atoms with E-state index in [0.29, 0.717) is 28.2 Å². The molecular formula is C24H19N3O5. The van der Waals surface area contributed by atoms with Gasteiger partial charge in [-0.2, -0.15) is 10.4 Å². The van der Waals surface area contributed by atoms with Crippen LogP contribution in [-0.4, -0.2) is 32.3 Å². The van der Waals surface area contributed by atoms with E-state index >= 15 is 0 Å². The van der Waals surface area contributed by atoms with Gasteiger partial charge in [-0.05, 0) is 60.2 Å². The molecule has 32 heavy (non-hydrogen) atoms. The Morgan fingerprint density at radius 2 is 1.66 bits per heavy atom. The summed E-state index contributed by atoms with van der Waals surface area (Å²) in [6.07, 6.45) is 1.43. The zero-order chi connectivity index (χ0) is 22.9. The third-order valence-corrected chi connectivity index (χ3v) is 4.37. The first-order valence-electron chi connectivity index (χ1n) is 9.42. The zero-order valence-electron chi connectivity index (χ0n) is 17.4. The van der Waals surface area contributed by atoms with Gasteiger partial charge in [0, 0.05) is 5.56 Å². The number of nitriles is 1. The van der Waals surface area contributed by atoms with E-state index in [-0.39, 0.29) is 11.3 Å². The molecule has 3 rings (SSSR count). The summed E-state index contributed by atoms with van der Waals surface area (Å²) in [6, 6.07) is 19.7. The summed E-state index contributed by atoms with van der Waals surface area (Å²) in [7, 11) is 2.92. The van der Waals surface area contributed by atoms with E-state index in [1.54, 1.807) is 54.6 Å². The Kier molecular flexibility index (Phi) is 7.17. The second kappa shape index (κ2) is 10.4. The van der Waals surface area contributed by atoms with Crippen molar-refractivity contribution in [1.29, 1.82) is 5.26 Å². The molecule has 0 unspecified atom stereocenters. The Morgan fingerprint density at radius 3 is 2.34 bits per heavy atom. The number of ether oxygens (including phenoxy) is 3. The maximum atomic E-state index is 12.5. The van der Waals surface area contributed by atoms with Crippen LogP contribution in [0.2, 0.25) is 0 Å². The molecule has 8 nitrogen and oxygen atoms in total. The second-order valence-electron chi connectivity index (χ2n) is 6.39. The fourth-order valence-corrected chi connectivity index (χ4v) is 2.74. The van der Waals surface area contributed by atoms with Gasteiger partial charge in [0.25, 0.3) is 5.91 Å². The van der Waals surface area contributed by atoms with Crippen molar-refractivity contribution in [2.75, 3.05) is 14.2 Å². The Bertz CT molecular complexity index is 1200. The first-order chi connectivity index (χ1) is 15.5. The molecule has 0 heterocycles. The van der Waals surface area contributed by atoms with Crippen LogP contribution < -0.4 is 19.6 Å². The number of methoxy groups -OCH3 is 2. The maximum Gasteiger partial charge on any atom is 0.347 e. The van der Waals surface area contributed by atoms with Gasteiger partial charge in [0.15, 0.2) is 11.5 Å². The lowest BCUT2D eigenvalue weighted by Crippen LogP contribution is -2.17. The number of nitrogens with zero attached hydrogens (tertiary/aromatic N) is 2. The van der Waals surface area contributed by atoms with Crippen molar-refractivity contribution < 1.29 is 23.8 Å². The summed E-state index contributed by atoms with van der Waals surface area (Å²) in [5.41, 5.74) is 4.14. The maximum absolute atomic E-state index is 12.5. The Labute approximate surface area is 184 Å². The number of carbonyl (C=O) groups excluding carboxylic acids is 2. The molecule has 1 amide bonds. The lowest BCUT2D eigenvalue weighted by atomic mass is 10.1. The van der Waals surface area contributed by atoms with Crippen LogP contribution >= 0.6 is 0 Å². The van der Waals surface area contributed by atoms with E-state index in [1.807, 2.05) is 6.07 Å². The number of para-hydroxylation sites is 1. The third-order valence-electron chi connectivity index (χ3n) is 4.37. The van der Waals surface area contributed by atoms with Crippen LogP contribution in [0.5, 0.6) is 17.2 Å². The van der Waals surface area contributed by atoms with Crippen molar-refractivity contribution in [1.82, 2.24) is 5.43 Å². The lowest BCUT2D eigenvalue weighted by molar-refractivity contribution is 0.0726. The van der Waals surface area contributed by atoms with Gasteiger partial charge < -0.3 is 14.2 Å². The number of benzene rings is 3. The van der Waals surface area contributed by atoms with Gasteiger partial charge in [-0.3, -0.25) is 4.79 Å². The number of hydrazone groups is 1. The number of amides is 1. The van der Waals surface area contributed by atoms with Crippen molar-refractivity contribution in [2.24, 2.45) is 5.10 Å². The number of carbonyl (C=O) groups is 2. The minimum Gasteiger partial charge on any atom is -0.496 e. The summed E-state index contributed by atoms with van der Waals surface area (Å²) in [6.45, 7) is 0. The third kappa shape index (κ3) is 5.29. The fourth-order valence-electron chi connectivity index (χ4n) is 2.74. The van der Waals surface area contributed by atoms with Crippen molar-refractivity contribution >= 4 is 18.1 Å². The Hall–Kier alpha value is -4.64. The van der Waals surface area contributed by atoms with E-state index in [4.69, 9.17) is 19.5 Å². The summed E-state index contributed by atoms with van der Waals surface area (Å²) in [5.74, 6) is -0.0621.